The average molecular weight is 219 g/mol. The quantitative estimate of drug-likeness (QED) is 0.457. The molecule has 0 aromatic heterocycles. The van der Waals surface area contributed by atoms with Crippen LogP contribution in [0.1, 0.15) is 0 Å². The second-order valence-electron chi connectivity index (χ2n) is 3.06. The molecule has 0 fully saturated rings. The van der Waals surface area contributed by atoms with Gasteiger partial charge in [-0.2, -0.15) is 0 Å². The summed E-state index contributed by atoms with van der Waals surface area (Å²) in [6, 6.07) is 0. The van der Waals surface area contributed by atoms with Crippen molar-refractivity contribution in [3.05, 3.63) is 49.7 Å². The topological polar surface area (TPSA) is 70.2 Å². The first-order valence-corrected chi connectivity index (χ1v) is 4.63. The number of hydrogen-bond donors (Lipinski definition) is 3. The molecule has 0 spiro atoms. The zero-order chi connectivity index (χ0) is 12.0. The molecule has 5 heteroatoms. The first-order valence-electron chi connectivity index (χ1n) is 4.63. The minimum atomic E-state index is -1.13. The van der Waals surface area contributed by atoms with Gasteiger partial charge in [0, 0.05) is 6.20 Å². The van der Waals surface area contributed by atoms with Crippen LogP contribution in [-0.2, 0) is 9.59 Å². The lowest BCUT2D eigenvalue weighted by Gasteiger charge is -2.33. The van der Waals surface area contributed by atoms with E-state index in [9.17, 15) is 9.59 Å². The van der Waals surface area contributed by atoms with Crippen LogP contribution in [0.3, 0.4) is 0 Å². The number of carbonyl (C=O) groups excluding carboxylic acids is 2. The van der Waals surface area contributed by atoms with Crippen molar-refractivity contribution < 1.29 is 9.59 Å². The van der Waals surface area contributed by atoms with E-state index in [0.717, 1.165) is 12.2 Å². The van der Waals surface area contributed by atoms with Crippen molar-refractivity contribution >= 4 is 11.8 Å². The fraction of sp³-hybridized carbons (Fsp3) is 0.0909. The number of hydrogen-bond acceptors (Lipinski definition) is 3. The molecular formula is C11H13N3O2. The van der Waals surface area contributed by atoms with Gasteiger partial charge >= 0.3 is 0 Å². The Morgan fingerprint density at radius 2 is 1.69 bits per heavy atom. The molecule has 0 unspecified atom stereocenters. The van der Waals surface area contributed by atoms with Gasteiger partial charge in [-0.05, 0) is 24.3 Å². The van der Waals surface area contributed by atoms with E-state index in [-0.39, 0.29) is 0 Å². The molecule has 1 aliphatic heterocycles. The second-order valence-corrected chi connectivity index (χ2v) is 3.06. The van der Waals surface area contributed by atoms with Crippen molar-refractivity contribution in [2.75, 3.05) is 0 Å². The van der Waals surface area contributed by atoms with Gasteiger partial charge in [0.05, 0.1) is 0 Å². The summed E-state index contributed by atoms with van der Waals surface area (Å²) in [5.74, 6) is -1.95. The van der Waals surface area contributed by atoms with E-state index in [1.807, 2.05) is 0 Å². The highest BCUT2D eigenvalue weighted by Crippen LogP contribution is 2.04. The van der Waals surface area contributed by atoms with E-state index < -0.39 is 17.6 Å². The van der Waals surface area contributed by atoms with E-state index in [4.69, 9.17) is 0 Å². The Bertz CT molecular complexity index is 361. The van der Waals surface area contributed by atoms with E-state index >= 15 is 0 Å². The van der Waals surface area contributed by atoms with E-state index in [2.05, 4.69) is 29.1 Å². The van der Waals surface area contributed by atoms with Gasteiger partial charge in [0.15, 0.2) is 0 Å². The van der Waals surface area contributed by atoms with Gasteiger partial charge in [0.1, 0.15) is 0 Å². The third kappa shape index (κ3) is 2.84. The molecule has 1 rings (SSSR count). The Morgan fingerprint density at radius 3 is 2.06 bits per heavy atom. The predicted molar refractivity (Wildman–Crippen MR) is 60.8 cm³/mol. The van der Waals surface area contributed by atoms with Gasteiger partial charge in [-0.15, -0.1) is 0 Å². The number of amides is 2. The fourth-order valence-electron chi connectivity index (χ4n) is 1.16. The Balaban J connectivity index is 2.84. The average Bonchev–Trinajstić information content (AvgIpc) is 2.29. The summed E-state index contributed by atoms with van der Waals surface area (Å²) in [6.45, 7) is 6.68. The zero-order valence-corrected chi connectivity index (χ0v) is 8.69. The molecule has 2 amide bonds. The van der Waals surface area contributed by atoms with Crippen molar-refractivity contribution in [3.8, 4) is 0 Å². The molecule has 16 heavy (non-hydrogen) atoms. The molecule has 0 saturated carbocycles. The van der Waals surface area contributed by atoms with Crippen molar-refractivity contribution in [2.24, 2.45) is 0 Å². The van der Waals surface area contributed by atoms with E-state index in [0.29, 0.717) is 0 Å². The molecule has 0 bridgehead atoms. The lowest BCUT2D eigenvalue weighted by atomic mass is 10.2. The van der Waals surface area contributed by atoms with Crippen molar-refractivity contribution in [2.45, 2.75) is 5.79 Å². The van der Waals surface area contributed by atoms with Gasteiger partial charge in [0.2, 0.25) is 17.6 Å². The van der Waals surface area contributed by atoms with Gasteiger partial charge < -0.3 is 16.0 Å². The first kappa shape index (κ1) is 11.8. The van der Waals surface area contributed by atoms with Crippen LogP contribution in [0.4, 0.5) is 0 Å². The third-order valence-corrected chi connectivity index (χ3v) is 1.88. The SMILES string of the molecule is C=CC(=O)NC1(NC(=O)C=C)C=CC=CN1. The Labute approximate surface area is 93.6 Å². The maximum absolute atomic E-state index is 11.3. The summed E-state index contributed by atoms with van der Waals surface area (Å²) < 4.78 is 0. The minimum Gasteiger partial charge on any atom is -0.349 e. The first-order chi connectivity index (χ1) is 7.62. The van der Waals surface area contributed by atoms with Gasteiger partial charge in [-0.3, -0.25) is 9.59 Å². The minimum absolute atomic E-state index is 0.406. The second kappa shape index (κ2) is 4.97. The monoisotopic (exact) mass is 219 g/mol. The number of dihydropyridines is 1. The highest BCUT2D eigenvalue weighted by Gasteiger charge is 2.29. The highest BCUT2D eigenvalue weighted by atomic mass is 16.2. The molecule has 0 atom stereocenters. The molecule has 1 aliphatic rings. The van der Waals surface area contributed by atoms with Crippen LogP contribution in [0.5, 0.6) is 0 Å². The molecule has 3 N–H and O–H groups in total. The Hall–Kier alpha value is -2.30. The van der Waals surface area contributed by atoms with Crippen molar-refractivity contribution in [1.82, 2.24) is 16.0 Å². The molecule has 1 heterocycles. The van der Waals surface area contributed by atoms with Crippen LogP contribution in [0.2, 0.25) is 0 Å². The summed E-state index contributed by atoms with van der Waals surface area (Å²) in [7, 11) is 0. The van der Waals surface area contributed by atoms with Crippen LogP contribution in [0, 0.1) is 0 Å². The van der Waals surface area contributed by atoms with Crippen LogP contribution >= 0.6 is 0 Å². The summed E-state index contributed by atoms with van der Waals surface area (Å²) in [5.41, 5.74) is 0. The number of carbonyl (C=O) groups is 2. The zero-order valence-electron chi connectivity index (χ0n) is 8.69. The molecule has 0 aliphatic carbocycles. The standard InChI is InChI=1S/C11H13N3O2/c1-3-9(15)13-11(14-10(16)4-2)7-5-6-8-12-11/h3-8,12H,1-2H2,(H,13,15)(H,14,16). The number of rotatable bonds is 4. The molecule has 0 aromatic rings. The molecule has 0 radical (unpaired) electrons. The Morgan fingerprint density at radius 1 is 1.12 bits per heavy atom. The number of nitrogens with one attached hydrogen (secondary N) is 3. The molecule has 84 valence electrons. The number of allylic oxidation sites excluding steroid dienone is 2. The largest absolute Gasteiger partial charge is 0.349 e. The van der Waals surface area contributed by atoms with Crippen molar-refractivity contribution in [1.29, 1.82) is 0 Å². The third-order valence-electron chi connectivity index (χ3n) is 1.88. The van der Waals surface area contributed by atoms with Crippen LogP contribution in [0.25, 0.3) is 0 Å². The predicted octanol–water partition coefficient (Wildman–Crippen LogP) is -0.0823. The van der Waals surface area contributed by atoms with Gasteiger partial charge in [-0.1, -0.05) is 19.2 Å². The van der Waals surface area contributed by atoms with Gasteiger partial charge in [0.25, 0.3) is 0 Å². The van der Waals surface area contributed by atoms with E-state index in [1.54, 1.807) is 24.4 Å². The summed E-state index contributed by atoms with van der Waals surface area (Å²) in [6.07, 6.45) is 8.88. The normalized spacial score (nSPS) is 15.8. The summed E-state index contributed by atoms with van der Waals surface area (Å²) in [4.78, 5) is 22.5. The Kier molecular flexibility index (Phi) is 3.66. The lowest BCUT2D eigenvalue weighted by Crippen LogP contribution is -2.66. The van der Waals surface area contributed by atoms with Crippen LogP contribution in [-0.4, -0.2) is 17.6 Å². The van der Waals surface area contributed by atoms with Gasteiger partial charge in [-0.25, -0.2) is 0 Å². The van der Waals surface area contributed by atoms with Crippen LogP contribution < -0.4 is 16.0 Å². The molecular weight excluding hydrogens is 206 g/mol. The summed E-state index contributed by atoms with van der Waals surface area (Å²) in [5, 5.41) is 7.96. The maximum atomic E-state index is 11.3. The molecule has 0 aromatic carbocycles. The maximum Gasteiger partial charge on any atom is 0.246 e. The smallest absolute Gasteiger partial charge is 0.246 e. The molecule has 0 saturated heterocycles. The molecule has 5 nitrogen and oxygen atoms in total. The fourth-order valence-corrected chi connectivity index (χ4v) is 1.16. The summed E-state index contributed by atoms with van der Waals surface area (Å²) >= 11 is 0. The van der Waals surface area contributed by atoms with E-state index in [1.165, 1.54) is 0 Å². The van der Waals surface area contributed by atoms with Crippen molar-refractivity contribution in [3.63, 3.8) is 0 Å². The van der Waals surface area contributed by atoms with Crippen LogP contribution in [0.15, 0.2) is 49.7 Å². The highest BCUT2D eigenvalue weighted by molar-refractivity contribution is 5.90. The lowest BCUT2D eigenvalue weighted by molar-refractivity contribution is -0.121.